The minimum atomic E-state index is 0.267. The first-order valence-corrected chi connectivity index (χ1v) is 5.21. The number of aromatic hydroxyl groups is 1. The molecule has 2 N–H and O–H groups in total. The third kappa shape index (κ3) is 3.13. The predicted molar refractivity (Wildman–Crippen MR) is 61.5 cm³/mol. The van der Waals surface area contributed by atoms with Gasteiger partial charge in [0, 0.05) is 6.04 Å². The summed E-state index contributed by atoms with van der Waals surface area (Å²) in [7, 11) is 3.51. The molecule has 0 aromatic heterocycles. The second kappa shape index (κ2) is 5.61. The minimum Gasteiger partial charge on any atom is -0.504 e. The Kier molecular flexibility index (Phi) is 4.43. The lowest BCUT2D eigenvalue weighted by atomic mass is 10.0. The van der Waals surface area contributed by atoms with E-state index in [9.17, 15) is 5.11 Å². The van der Waals surface area contributed by atoms with Gasteiger partial charge in [0.05, 0.1) is 7.11 Å². The maximum atomic E-state index is 9.83. The van der Waals surface area contributed by atoms with Crippen molar-refractivity contribution in [1.29, 1.82) is 0 Å². The molecule has 15 heavy (non-hydrogen) atoms. The number of phenols is 1. The van der Waals surface area contributed by atoms with Gasteiger partial charge in [-0.05, 0) is 38.4 Å². The van der Waals surface area contributed by atoms with Gasteiger partial charge < -0.3 is 15.2 Å². The summed E-state index contributed by atoms with van der Waals surface area (Å²) in [5.41, 5.74) is 0.941. The third-order valence-corrected chi connectivity index (χ3v) is 2.64. The Labute approximate surface area is 91.1 Å². The highest BCUT2D eigenvalue weighted by Crippen LogP contribution is 2.30. The highest BCUT2D eigenvalue weighted by atomic mass is 16.5. The van der Waals surface area contributed by atoms with E-state index in [-0.39, 0.29) is 5.75 Å². The second-order valence-electron chi connectivity index (χ2n) is 3.70. The van der Waals surface area contributed by atoms with Crippen molar-refractivity contribution in [3.05, 3.63) is 23.8 Å². The molecule has 0 spiro atoms. The van der Waals surface area contributed by atoms with Gasteiger partial charge in [0.2, 0.25) is 0 Å². The number of rotatable bonds is 5. The van der Waals surface area contributed by atoms with Gasteiger partial charge >= 0.3 is 0 Å². The van der Waals surface area contributed by atoms with Crippen molar-refractivity contribution in [3.63, 3.8) is 0 Å². The number of ether oxygens (including phenoxy) is 1. The van der Waals surface area contributed by atoms with E-state index in [0.717, 1.165) is 18.4 Å². The van der Waals surface area contributed by atoms with Crippen molar-refractivity contribution >= 4 is 0 Å². The van der Waals surface area contributed by atoms with E-state index in [2.05, 4.69) is 12.2 Å². The van der Waals surface area contributed by atoms with Gasteiger partial charge in [0.25, 0.3) is 0 Å². The molecule has 0 amide bonds. The molecule has 1 aromatic carbocycles. The van der Waals surface area contributed by atoms with E-state index in [1.54, 1.807) is 13.2 Å². The zero-order valence-corrected chi connectivity index (χ0v) is 9.58. The van der Waals surface area contributed by atoms with E-state index in [0.29, 0.717) is 11.8 Å². The smallest absolute Gasteiger partial charge is 0.160 e. The van der Waals surface area contributed by atoms with Crippen LogP contribution in [0.5, 0.6) is 11.5 Å². The van der Waals surface area contributed by atoms with E-state index >= 15 is 0 Å². The number of benzene rings is 1. The van der Waals surface area contributed by atoms with Crippen LogP contribution < -0.4 is 10.1 Å². The van der Waals surface area contributed by atoms with Gasteiger partial charge in [-0.3, -0.25) is 0 Å². The molecule has 3 nitrogen and oxygen atoms in total. The van der Waals surface area contributed by atoms with E-state index < -0.39 is 0 Å². The van der Waals surface area contributed by atoms with Gasteiger partial charge in [-0.2, -0.15) is 0 Å². The molecular weight excluding hydrogens is 190 g/mol. The highest BCUT2D eigenvalue weighted by molar-refractivity contribution is 5.45. The first-order chi connectivity index (χ1) is 7.19. The lowest BCUT2D eigenvalue weighted by molar-refractivity contribution is 0.370. The molecule has 1 atom stereocenters. The summed E-state index contributed by atoms with van der Waals surface area (Å²) in [6, 6.07) is 6.05. The number of nitrogens with one attached hydrogen (secondary N) is 1. The Morgan fingerprint density at radius 3 is 2.80 bits per heavy atom. The summed E-state index contributed by atoms with van der Waals surface area (Å²) >= 11 is 0. The molecule has 3 heteroatoms. The number of aryl methyl sites for hydroxylation is 1. The van der Waals surface area contributed by atoms with Crippen LogP contribution in [0.3, 0.4) is 0 Å². The molecule has 0 aliphatic heterocycles. The first-order valence-electron chi connectivity index (χ1n) is 5.21. The van der Waals surface area contributed by atoms with Gasteiger partial charge in [0.15, 0.2) is 11.5 Å². The molecule has 0 saturated carbocycles. The summed E-state index contributed by atoms with van der Waals surface area (Å²) < 4.78 is 5.05. The summed E-state index contributed by atoms with van der Waals surface area (Å²) in [4.78, 5) is 0. The molecule has 0 aliphatic carbocycles. The Bertz CT molecular complexity index is 312. The number of methoxy groups -OCH3 is 1. The van der Waals surface area contributed by atoms with Gasteiger partial charge in [-0.25, -0.2) is 0 Å². The van der Waals surface area contributed by atoms with Gasteiger partial charge in [-0.15, -0.1) is 0 Å². The summed E-state index contributed by atoms with van der Waals surface area (Å²) in [5.74, 6) is 0.813. The zero-order chi connectivity index (χ0) is 11.3. The van der Waals surface area contributed by atoms with Gasteiger partial charge in [-0.1, -0.05) is 12.1 Å². The van der Waals surface area contributed by atoms with Crippen LogP contribution in [0.4, 0.5) is 0 Å². The molecule has 0 fully saturated rings. The fraction of sp³-hybridized carbons (Fsp3) is 0.500. The third-order valence-electron chi connectivity index (χ3n) is 2.64. The molecule has 0 radical (unpaired) electrons. The van der Waals surface area contributed by atoms with Crippen LogP contribution in [-0.4, -0.2) is 25.3 Å². The van der Waals surface area contributed by atoms with Crippen molar-refractivity contribution in [2.24, 2.45) is 0 Å². The predicted octanol–water partition coefficient (Wildman–Crippen LogP) is 1.94. The van der Waals surface area contributed by atoms with Crippen LogP contribution in [0.15, 0.2) is 18.2 Å². The Morgan fingerprint density at radius 1 is 1.47 bits per heavy atom. The molecule has 1 unspecified atom stereocenters. The van der Waals surface area contributed by atoms with Crippen LogP contribution in [0, 0.1) is 0 Å². The molecule has 1 aromatic rings. The monoisotopic (exact) mass is 209 g/mol. The first kappa shape index (κ1) is 11.9. The number of phenolic OH excluding ortho intramolecular Hbond substituents is 1. The number of hydrogen-bond acceptors (Lipinski definition) is 3. The maximum absolute atomic E-state index is 9.83. The lowest BCUT2D eigenvalue weighted by Crippen LogP contribution is -2.21. The van der Waals surface area contributed by atoms with Crippen molar-refractivity contribution in [2.75, 3.05) is 14.2 Å². The van der Waals surface area contributed by atoms with Crippen molar-refractivity contribution in [1.82, 2.24) is 5.32 Å². The Morgan fingerprint density at radius 2 is 2.20 bits per heavy atom. The zero-order valence-electron chi connectivity index (χ0n) is 9.58. The van der Waals surface area contributed by atoms with Crippen molar-refractivity contribution < 1.29 is 9.84 Å². The van der Waals surface area contributed by atoms with Crippen molar-refractivity contribution in [3.8, 4) is 11.5 Å². The van der Waals surface area contributed by atoms with Crippen LogP contribution in [0.1, 0.15) is 18.9 Å². The normalized spacial score (nSPS) is 12.5. The van der Waals surface area contributed by atoms with Crippen LogP contribution >= 0.6 is 0 Å². The molecular formula is C12H19NO2. The molecule has 0 heterocycles. The van der Waals surface area contributed by atoms with Crippen molar-refractivity contribution in [2.45, 2.75) is 25.8 Å². The lowest BCUT2D eigenvalue weighted by Gasteiger charge is -2.12. The maximum Gasteiger partial charge on any atom is 0.160 e. The molecule has 0 saturated heterocycles. The summed E-state index contributed by atoms with van der Waals surface area (Å²) in [6.07, 6.45) is 1.85. The SMILES string of the molecule is CNC(C)CCc1cccc(OC)c1O. The summed E-state index contributed by atoms with van der Waals surface area (Å²) in [5, 5.41) is 13.0. The fourth-order valence-corrected chi connectivity index (χ4v) is 1.45. The second-order valence-corrected chi connectivity index (χ2v) is 3.70. The Balaban J connectivity index is 2.68. The van der Waals surface area contributed by atoms with Crippen LogP contribution in [0.25, 0.3) is 0 Å². The topological polar surface area (TPSA) is 41.5 Å². The quantitative estimate of drug-likeness (QED) is 0.778. The molecule has 1 rings (SSSR count). The summed E-state index contributed by atoms with van der Waals surface area (Å²) in [6.45, 7) is 2.12. The number of hydrogen-bond donors (Lipinski definition) is 2. The van der Waals surface area contributed by atoms with Crippen LogP contribution in [-0.2, 0) is 6.42 Å². The van der Waals surface area contributed by atoms with E-state index in [1.807, 2.05) is 19.2 Å². The highest BCUT2D eigenvalue weighted by Gasteiger charge is 2.08. The molecule has 84 valence electrons. The molecule has 0 aliphatic rings. The minimum absolute atomic E-state index is 0.267. The average Bonchev–Trinajstić information content (AvgIpc) is 2.27. The molecule has 0 bridgehead atoms. The van der Waals surface area contributed by atoms with Gasteiger partial charge in [0.1, 0.15) is 0 Å². The fourth-order valence-electron chi connectivity index (χ4n) is 1.45. The standard InChI is InChI=1S/C12H19NO2/c1-9(13-2)7-8-10-5-4-6-11(15-3)12(10)14/h4-6,9,13-14H,7-8H2,1-3H3. The van der Waals surface area contributed by atoms with Crippen LogP contribution in [0.2, 0.25) is 0 Å². The largest absolute Gasteiger partial charge is 0.504 e. The van der Waals surface area contributed by atoms with E-state index in [1.165, 1.54) is 0 Å². The van der Waals surface area contributed by atoms with E-state index in [4.69, 9.17) is 4.74 Å². The number of para-hydroxylation sites is 1. The average molecular weight is 209 g/mol. The Hall–Kier alpha value is -1.22.